The van der Waals surface area contributed by atoms with E-state index in [1.54, 1.807) is 5.32 Å². The molecule has 0 radical (unpaired) electrons. The van der Waals surface area contributed by atoms with Crippen molar-refractivity contribution in [1.29, 1.82) is 0 Å². The van der Waals surface area contributed by atoms with Crippen LogP contribution in [0.1, 0.15) is 23.0 Å². The number of aromatic nitrogens is 2. The van der Waals surface area contributed by atoms with Crippen molar-refractivity contribution in [3.8, 4) is 0 Å². The number of aliphatic imine (C=N–C) groups is 1. The molecule has 1 aromatic heterocycles. The van der Waals surface area contributed by atoms with E-state index in [4.69, 9.17) is 21.4 Å². The Labute approximate surface area is 172 Å². The number of carbonyl (C=O) groups excluding carboxylic acids is 1. The van der Waals surface area contributed by atoms with Crippen LogP contribution in [0.15, 0.2) is 35.6 Å². The fourth-order valence-corrected chi connectivity index (χ4v) is 2.72. The van der Waals surface area contributed by atoms with Gasteiger partial charge in [-0.15, -0.1) is 0 Å². The number of carbonyl (C=O) groups is 2. The molecule has 0 aliphatic carbocycles. The van der Waals surface area contributed by atoms with E-state index in [-0.39, 0.29) is 16.5 Å². The number of halogens is 4. The number of nitrogens with zero attached hydrogens (tertiary/aromatic N) is 3. The minimum absolute atomic E-state index is 0.0379. The predicted molar refractivity (Wildman–Crippen MR) is 98.2 cm³/mol. The first kappa shape index (κ1) is 21.3. The van der Waals surface area contributed by atoms with Gasteiger partial charge in [0.25, 0.3) is 11.9 Å². The van der Waals surface area contributed by atoms with Crippen LogP contribution in [-0.2, 0) is 10.3 Å². The minimum Gasteiger partial charge on any atom is -0.465 e. The third-order valence-electron chi connectivity index (χ3n) is 4.23. The molecule has 1 aliphatic rings. The third kappa shape index (κ3) is 4.13. The molecule has 0 spiro atoms. The van der Waals surface area contributed by atoms with Crippen molar-refractivity contribution in [2.45, 2.75) is 18.4 Å². The molecule has 0 bridgehead atoms. The standard InChI is InChI=1S/C17H13ClF3N5O4/c1-16(17(20,21)7-24-14(30-16)26-15(28)29)9-4-8(2-3-10(9)19)25-13(27)11-5-23-12(18)6-22-11/h2-6H,7H2,1H3,(H,24,26)(H,25,27)(H,28,29)/t16-/m1/s1. The molecule has 0 unspecified atom stereocenters. The van der Waals surface area contributed by atoms with Crippen molar-refractivity contribution in [2.75, 3.05) is 11.9 Å². The van der Waals surface area contributed by atoms with Gasteiger partial charge in [0.15, 0.2) is 0 Å². The van der Waals surface area contributed by atoms with Crippen molar-refractivity contribution >= 4 is 35.3 Å². The van der Waals surface area contributed by atoms with Crippen LogP contribution in [0, 0.1) is 5.82 Å². The fourth-order valence-electron chi connectivity index (χ4n) is 2.62. The zero-order valence-electron chi connectivity index (χ0n) is 15.1. The molecule has 0 saturated carbocycles. The van der Waals surface area contributed by atoms with Crippen LogP contribution in [0.2, 0.25) is 5.15 Å². The lowest BCUT2D eigenvalue weighted by Gasteiger charge is -2.40. The number of anilines is 1. The van der Waals surface area contributed by atoms with Gasteiger partial charge in [-0.3, -0.25) is 4.79 Å². The monoisotopic (exact) mass is 443 g/mol. The fraction of sp³-hybridized carbons (Fsp3) is 0.235. The number of carboxylic acid groups (broad SMARTS) is 1. The van der Waals surface area contributed by atoms with Gasteiger partial charge in [0.05, 0.1) is 12.4 Å². The molecule has 1 aromatic carbocycles. The average Bonchev–Trinajstić information content (AvgIpc) is 2.66. The number of ether oxygens (including phenoxy) is 1. The molecule has 13 heteroatoms. The maximum Gasteiger partial charge on any atom is 0.412 e. The molecule has 30 heavy (non-hydrogen) atoms. The largest absolute Gasteiger partial charge is 0.465 e. The molecule has 2 aromatic rings. The van der Waals surface area contributed by atoms with E-state index >= 15 is 0 Å². The van der Waals surface area contributed by atoms with Gasteiger partial charge in [-0.25, -0.2) is 29.5 Å². The zero-order chi connectivity index (χ0) is 22.1. The van der Waals surface area contributed by atoms with Crippen LogP contribution in [0.4, 0.5) is 23.7 Å². The van der Waals surface area contributed by atoms with Gasteiger partial charge < -0.3 is 15.2 Å². The number of hydrogen-bond donors (Lipinski definition) is 3. The van der Waals surface area contributed by atoms with Crippen LogP contribution in [0.5, 0.6) is 0 Å². The third-order valence-corrected chi connectivity index (χ3v) is 4.42. The molecule has 9 nitrogen and oxygen atoms in total. The lowest BCUT2D eigenvalue weighted by molar-refractivity contribution is -0.174. The number of rotatable bonds is 3. The summed E-state index contributed by atoms with van der Waals surface area (Å²) >= 11 is 5.60. The van der Waals surface area contributed by atoms with Gasteiger partial charge in [0.1, 0.15) is 23.2 Å². The molecule has 3 N–H and O–H groups in total. The molecule has 1 aliphatic heterocycles. The summed E-state index contributed by atoms with van der Waals surface area (Å²) in [4.78, 5) is 33.8. The summed E-state index contributed by atoms with van der Waals surface area (Å²) in [6.07, 6.45) is 0.648. The SMILES string of the molecule is C[C@]1(c2cc(NC(=O)c3cnc(Cl)cn3)ccc2F)OC(NC(=O)O)=NCC1(F)F. The van der Waals surface area contributed by atoms with E-state index in [1.165, 1.54) is 0 Å². The first-order chi connectivity index (χ1) is 14.0. The van der Waals surface area contributed by atoms with Crippen molar-refractivity contribution in [3.05, 3.63) is 52.8 Å². The van der Waals surface area contributed by atoms with E-state index in [0.717, 1.165) is 37.5 Å². The smallest absolute Gasteiger partial charge is 0.412 e. The number of benzene rings is 1. The summed E-state index contributed by atoms with van der Waals surface area (Å²) in [5, 5.41) is 12.9. The molecular formula is C17H13ClF3N5O4. The number of hydrogen-bond acceptors (Lipinski definition) is 6. The maximum absolute atomic E-state index is 14.6. The Bertz CT molecular complexity index is 1030. The number of nitrogens with one attached hydrogen (secondary N) is 2. The second kappa shape index (κ2) is 7.78. The van der Waals surface area contributed by atoms with Gasteiger partial charge in [0.2, 0.25) is 5.60 Å². The quantitative estimate of drug-likeness (QED) is 0.669. The van der Waals surface area contributed by atoms with Gasteiger partial charge >= 0.3 is 12.0 Å². The Hall–Kier alpha value is -3.41. The van der Waals surface area contributed by atoms with Crippen LogP contribution in [0.3, 0.4) is 0 Å². The summed E-state index contributed by atoms with van der Waals surface area (Å²) in [6.45, 7) is -0.255. The van der Waals surface area contributed by atoms with Crippen molar-refractivity contribution in [2.24, 2.45) is 4.99 Å². The van der Waals surface area contributed by atoms with Gasteiger partial charge in [0, 0.05) is 11.3 Å². The van der Waals surface area contributed by atoms with Crippen LogP contribution in [-0.4, -0.2) is 45.6 Å². The number of amidine groups is 1. The topological polar surface area (TPSA) is 126 Å². The van der Waals surface area contributed by atoms with Crippen molar-refractivity contribution in [1.82, 2.24) is 15.3 Å². The Morgan fingerprint density at radius 1 is 1.23 bits per heavy atom. The van der Waals surface area contributed by atoms with Crippen LogP contribution < -0.4 is 10.6 Å². The minimum atomic E-state index is -3.69. The molecule has 3 rings (SSSR count). The molecule has 1 atom stereocenters. The van der Waals surface area contributed by atoms with E-state index < -0.39 is 47.5 Å². The summed E-state index contributed by atoms with van der Waals surface area (Å²) in [7, 11) is 0. The average molecular weight is 444 g/mol. The van der Waals surface area contributed by atoms with Gasteiger partial charge in [-0.05, 0) is 25.1 Å². The number of alkyl halides is 2. The highest BCUT2D eigenvalue weighted by atomic mass is 35.5. The second-order valence-electron chi connectivity index (χ2n) is 6.26. The van der Waals surface area contributed by atoms with Crippen LogP contribution >= 0.6 is 11.6 Å². The van der Waals surface area contributed by atoms with E-state index in [1.807, 2.05) is 0 Å². The van der Waals surface area contributed by atoms with E-state index in [2.05, 4.69) is 20.3 Å². The summed E-state index contributed by atoms with van der Waals surface area (Å²) in [6, 6.07) is 2.25. The number of amides is 2. The first-order valence-electron chi connectivity index (χ1n) is 8.22. The van der Waals surface area contributed by atoms with Crippen molar-refractivity contribution in [3.63, 3.8) is 0 Å². The lowest BCUT2D eigenvalue weighted by Crippen LogP contribution is -2.54. The summed E-state index contributed by atoms with van der Waals surface area (Å²) < 4.78 is 48.8. The highest BCUT2D eigenvalue weighted by Gasteiger charge is 2.58. The van der Waals surface area contributed by atoms with Crippen LogP contribution in [0.25, 0.3) is 0 Å². The molecule has 2 amide bonds. The molecular weight excluding hydrogens is 431 g/mol. The predicted octanol–water partition coefficient (Wildman–Crippen LogP) is 3.03. The zero-order valence-corrected chi connectivity index (χ0v) is 15.9. The lowest BCUT2D eigenvalue weighted by atomic mass is 9.87. The normalized spacial score (nSPS) is 20.0. The Balaban J connectivity index is 1.93. The summed E-state index contributed by atoms with van der Waals surface area (Å²) in [5.74, 6) is -5.49. The highest BCUT2D eigenvalue weighted by molar-refractivity contribution is 6.29. The summed E-state index contributed by atoms with van der Waals surface area (Å²) in [5.41, 5.74) is -3.39. The Kier molecular flexibility index (Phi) is 5.53. The first-order valence-corrected chi connectivity index (χ1v) is 8.60. The van der Waals surface area contributed by atoms with E-state index in [0.29, 0.717) is 0 Å². The molecule has 158 valence electrons. The Morgan fingerprint density at radius 2 is 1.97 bits per heavy atom. The van der Waals surface area contributed by atoms with Gasteiger partial charge in [-0.2, -0.15) is 8.78 Å². The molecule has 0 fully saturated rings. The second-order valence-corrected chi connectivity index (χ2v) is 6.65. The Morgan fingerprint density at radius 3 is 2.60 bits per heavy atom. The van der Waals surface area contributed by atoms with Crippen molar-refractivity contribution < 1.29 is 32.6 Å². The highest BCUT2D eigenvalue weighted by Crippen LogP contribution is 2.44. The maximum atomic E-state index is 14.6. The molecule has 0 saturated heterocycles. The molecule has 2 heterocycles. The van der Waals surface area contributed by atoms with E-state index in [9.17, 15) is 22.8 Å². The van der Waals surface area contributed by atoms with Gasteiger partial charge in [-0.1, -0.05) is 11.6 Å².